The van der Waals surface area contributed by atoms with E-state index in [-0.39, 0.29) is 16.5 Å². The van der Waals surface area contributed by atoms with E-state index in [1.165, 1.54) is 43.6 Å². The van der Waals surface area contributed by atoms with Crippen LogP contribution in [0, 0.1) is 10.1 Å². The summed E-state index contributed by atoms with van der Waals surface area (Å²) in [5, 5.41) is 11.5. The van der Waals surface area contributed by atoms with Gasteiger partial charge < -0.3 is 9.72 Å². The molecule has 5 nitrogen and oxygen atoms in total. The van der Waals surface area contributed by atoms with Crippen molar-refractivity contribution in [3.63, 3.8) is 0 Å². The summed E-state index contributed by atoms with van der Waals surface area (Å²) in [4.78, 5) is 13.1. The molecule has 0 saturated carbocycles. The Bertz CT molecular complexity index is 938. The topological polar surface area (TPSA) is 68.2 Å². The summed E-state index contributed by atoms with van der Waals surface area (Å²) in [5.74, 6) is 0.364. The molecule has 8 heteroatoms. The van der Waals surface area contributed by atoms with Crippen molar-refractivity contribution in [2.45, 2.75) is 11.6 Å². The van der Waals surface area contributed by atoms with Crippen LogP contribution in [0.15, 0.2) is 54.7 Å². The molecular weight excluding hydrogens is 349 g/mol. The molecule has 1 atom stereocenters. The van der Waals surface area contributed by atoms with Gasteiger partial charge in [0, 0.05) is 27.6 Å². The monoisotopic (exact) mass is 364 g/mol. The number of halogens is 3. The smallest absolute Gasteiger partial charge is 0.408 e. The van der Waals surface area contributed by atoms with Crippen LogP contribution in [0.1, 0.15) is 11.1 Å². The summed E-state index contributed by atoms with van der Waals surface area (Å²) in [6.45, 7) is -1.31. The van der Waals surface area contributed by atoms with E-state index in [9.17, 15) is 23.3 Å². The fraction of sp³-hybridized carbons (Fsp3) is 0.222. The van der Waals surface area contributed by atoms with Crippen molar-refractivity contribution in [2.24, 2.45) is 0 Å². The molecule has 0 aliphatic heterocycles. The maximum atomic E-state index is 14.3. The minimum atomic E-state index is -4.89. The number of rotatable bonds is 5. The molecule has 26 heavy (non-hydrogen) atoms. The first-order chi connectivity index (χ1) is 12.3. The molecule has 0 aliphatic carbocycles. The van der Waals surface area contributed by atoms with Crippen LogP contribution < -0.4 is 4.74 Å². The number of nitro groups is 1. The number of fused-ring (bicyclic) bond motifs is 1. The van der Waals surface area contributed by atoms with E-state index >= 15 is 0 Å². The third-order valence-electron chi connectivity index (χ3n) is 4.47. The second-order valence-corrected chi connectivity index (χ2v) is 5.87. The van der Waals surface area contributed by atoms with Crippen LogP contribution >= 0.6 is 0 Å². The Morgan fingerprint density at radius 3 is 2.42 bits per heavy atom. The molecule has 0 fully saturated rings. The van der Waals surface area contributed by atoms with Crippen molar-refractivity contribution in [3.8, 4) is 5.75 Å². The average molecular weight is 364 g/mol. The molecule has 0 bridgehead atoms. The average Bonchev–Trinajstić information content (AvgIpc) is 3.02. The Hall–Kier alpha value is -3.03. The largest absolute Gasteiger partial charge is 0.497 e. The van der Waals surface area contributed by atoms with Crippen molar-refractivity contribution in [1.82, 2.24) is 4.98 Å². The molecule has 0 aliphatic rings. The lowest BCUT2D eigenvalue weighted by Crippen LogP contribution is -2.48. The van der Waals surface area contributed by atoms with Crippen LogP contribution in [0.4, 0.5) is 13.2 Å². The van der Waals surface area contributed by atoms with Gasteiger partial charge in [0.05, 0.1) is 7.11 Å². The van der Waals surface area contributed by atoms with Crippen LogP contribution in [-0.4, -0.2) is 29.7 Å². The van der Waals surface area contributed by atoms with E-state index in [4.69, 9.17) is 4.74 Å². The highest BCUT2D eigenvalue weighted by Crippen LogP contribution is 2.49. The number of H-pyrrole nitrogens is 1. The summed E-state index contributed by atoms with van der Waals surface area (Å²) in [7, 11) is 1.40. The van der Waals surface area contributed by atoms with Gasteiger partial charge in [-0.1, -0.05) is 30.3 Å². The van der Waals surface area contributed by atoms with Crippen molar-refractivity contribution in [2.75, 3.05) is 13.7 Å². The van der Waals surface area contributed by atoms with Gasteiger partial charge in [0.2, 0.25) is 6.54 Å². The molecule has 2 aromatic carbocycles. The predicted octanol–water partition coefficient (Wildman–Crippen LogP) is 4.30. The van der Waals surface area contributed by atoms with Crippen molar-refractivity contribution in [3.05, 3.63) is 76.0 Å². The number of nitrogens with one attached hydrogen (secondary N) is 1. The molecule has 0 saturated heterocycles. The van der Waals surface area contributed by atoms with Gasteiger partial charge in [-0.05, 0) is 23.8 Å². The molecule has 0 amide bonds. The third kappa shape index (κ3) is 2.77. The van der Waals surface area contributed by atoms with Gasteiger partial charge in [0.1, 0.15) is 5.75 Å². The number of hydrogen-bond donors (Lipinski definition) is 1. The number of ether oxygens (including phenoxy) is 1. The van der Waals surface area contributed by atoms with Crippen LogP contribution in [-0.2, 0) is 5.41 Å². The van der Waals surface area contributed by atoms with Gasteiger partial charge in [0.25, 0.3) is 0 Å². The van der Waals surface area contributed by atoms with E-state index in [1.807, 2.05) is 0 Å². The highest BCUT2D eigenvalue weighted by molar-refractivity contribution is 5.86. The number of benzene rings is 2. The van der Waals surface area contributed by atoms with Crippen LogP contribution in [0.2, 0.25) is 0 Å². The predicted molar refractivity (Wildman–Crippen MR) is 90.0 cm³/mol. The molecule has 1 N–H and O–H groups in total. The molecule has 3 rings (SSSR count). The normalized spacial score (nSPS) is 14.2. The Morgan fingerprint density at radius 2 is 1.85 bits per heavy atom. The van der Waals surface area contributed by atoms with Crippen molar-refractivity contribution < 1.29 is 22.8 Å². The fourth-order valence-corrected chi connectivity index (χ4v) is 3.23. The van der Waals surface area contributed by atoms with E-state index in [0.29, 0.717) is 11.3 Å². The first-order valence-corrected chi connectivity index (χ1v) is 7.69. The molecule has 1 aromatic heterocycles. The molecular formula is C18H15F3N2O3. The molecule has 0 spiro atoms. The Balaban J connectivity index is 2.39. The first kappa shape index (κ1) is 17.8. The van der Waals surface area contributed by atoms with Crippen LogP contribution in [0.3, 0.4) is 0 Å². The Morgan fingerprint density at radius 1 is 1.15 bits per heavy atom. The standard InChI is InChI=1S/C18H15F3N2O3/c1-26-13-7-8-16-14(9-13)15(10-22-16)17(11-23(24)25,18(19,20)21)12-5-3-2-4-6-12/h2-10,22H,11H2,1H3/t17-/m0/s1. The third-order valence-corrected chi connectivity index (χ3v) is 4.47. The molecule has 0 unspecified atom stereocenters. The van der Waals surface area contributed by atoms with Crippen LogP contribution in [0.25, 0.3) is 10.9 Å². The highest BCUT2D eigenvalue weighted by atomic mass is 19.4. The summed E-state index contributed by atoms with van der Waals surface area (Å²) in [6, 6.07) is 11.6. The summed E-state index contributed by atoms with van der Waals surface area (Å²) in [5.41, 5.74) is -2.74. The summed E-state index contributed by atoms with van der Waals surface area (Å²) >= 11 is 0. The first-order valence-electron chi connectivity index (χ1n) is 7.69. The molecule has 0 radical (unpaired) electrons. The quantitative estimate of drug-likeness (QED) is 0.542. The van der Waals surface area contributed by atoms with Gasteiger partial charge in [-0.15, -0.1) is 0 Å². The SMILES string of the molecule is COc1ccc2[nH]cc([C@](C[N+](=O)[O-])(c3ccccc3)C(F)(F)F)c2c1. The Kier molecular flexibility index (Phi) is 4.35. The van der Waals surface area contributed by atoms with Gasteiger partial charge in [-0.25, -0.2) is 0 Å². The lowest BCUT2D eigenvalue weighted by Gasteiger charge is -2.32. The highest BCUT2D eigenvalue weighted by Gasteiger charge is 2.61. The zero-order chi connectivity index (χ0) is 18.9. The molecule has 1 heterocycles. The minimum Gasteiger partial charge on any atom is -0.497 e. The van der Waals surface area contributed by atoms with Crippen molar-refractivity contribution >= 4 is 10.9 Å². The molecule has 3 aromatic rings. The summed E-state index contributed by atoms with van der Waals surface area (Å²) in [6.07, 6.45) is -3.70. The van der Waals surface area contributed by atoms with E-state index in [1.54, 1.807) is 18.2 Å². The number of alkyl halides is 3. The number of aromatic nitrogens is 1. The number of methoxy groups -OCH3 is 1. The van der Waals surface area contributed by atoms with Gasteiger partial charge in [0.15, 0.2) is 5.41 Å². The Labute approximate surface area is 146 Å². The van der Waals surface area contributed by atoms with E-state index in [0.717, 1.165) is 0 Å². The fourth-order valence-electron chi connectivity index (χ4n) is 3.23. The van der Waals surface area contributed by atoms with Crippen LogP contribution in [0.5, 0.6) is 5.75 Å². The summed E-state index contributed by atoms with van der Waals surface area (Å²) < 4.78 is 48.1. The van der Waals surface area contributed by atoms with Gasteiger partial charge in [-0.3, -0.25) is 10.1 Å². The zero-order valence-electron chi connectivity index (χ0n) is 13.7. The lowest BCUT2D eigenvalue weighted by molar-refractivity contribution is -0.498. The molecule has 136 valence electrons. The second-order valence-electron chi connectivity index (χ2n) is 5.87. The maximum absolute atomic E-state index is 14.3. The van der Waals surface area contributed by atoms with Gasteiger partial charge in [-0.2, -0.15) is 13.2 Å². The number of nitrogens with zero attached hydrogens (tertiary/aromatic N) is 1. The minimum absolute atomic E-state index is 0.187. The second kappa shape index (κ2) is 6.36. The van der Waals surface area contributed by atoms with E-state index < -0.39 is 23.1 Å². The lowest BCUT2D eigenvalue weighted by atomic mass is 9.73. The number of aromatic amines is 1. The zero-order valence-corrected chi connectivity index (χ0v) is 13.7. The van der Waals surface area contributed by atoms with Crippen molar-refractivity contribution in [1.29, 1.82) is 0 Å². The van der Waals surface area contributed by atoms with Gasteiger partial charge >= 0.3 is 6.18 Å². The maximum Gasteiger partial charge on any atom is 0.408 e. The number of hydrogen-bond acceptors (Lipinski definition) is 3. The van der Waals surface area contributed by atoms with E-state index in [2.05, 4.69) is 4.98 Å².